The van der Waals surface area contributed by atoms with Crippen LogP contribution in [0.2, 0.25) is 0 Å². The number of carbonyl (C=O) groups is 1. The maximum absolute atomic E-state index is 12.7. The molecular weight excluding hydrogens is 257 g/mol. The Morgan fingerprint density at radius 2 is 2.00 bits per heavy atom. The standard InChI is InChI=1S/C12H14FNO3S/c13-10-1-3-11(4-2-10)14-12(15)7-9-5-6-18(16,17)8-9/h1-4,9H,5-8H2,(H,14,15)/t9-/m1/s1. The average Bonchev–Trinajstić information content (AvgIpc) is 2.61. The van der Waals surface area contributed by atoms with E-state index in [0.717, 1.165) is 0 Å². The molecule has 4 nitrogen and oxygen atoms in total. The molecule has 1 N–H and O–H groups in total. The number of hydrogen-bond acceptors (Lipinski definition) is 3. The first-order valence-electron chi connectivity index (χ1n) is 5.70. The molecule has 2 rings (SSSR count). The lowest BCUT2D eigenvalue weighted by Gasteiger charge is -2.08. The van der Waals surface area contributed by atoms with E-state index in [4.69, 9.17) is 0 Å². The predicted octanol–water partition coefficient (Wildman–Crippen LogP) is 1.59. The number of rotatable bonds is 3. The van der Waals surface area contributed by atoms with Crippen molar-refractivity contribution in [3.8, 4) is 0 Å². The van der Waals surface area contributed by atoms with E-state index in [2.05, 4.69) is 5.32 Å². The van der Waals surface area contributed by atoms with Crippen LogP contribution in [0, 0.1) is 11.7 Å². The highest BCUT2D eigenvalue weighted by molar-refractivity contribution is 7.91. The van der Waals surface area contributed by atoms with Gasteiger partial charge in [0, 0.05) is 12.1 Å². The summed E-state index contributed by atoms with van der Waals surface area (Å²) in [6.07, 6.45) is 0.732. The maximum atomic E-state index is 12.7. The van der Waals surface area contributed by atoms with Crippen LogP contribution >= 0.6 is 0 Å². The Hall–Kier alpha value is -1.43. The van der Waals surface area contributed by atoms with Crippen molar-refractivity contribution in [3.05, 3.63) is 30.1 Å². The Kier molecular flexibility index (Phi) is 3.65. The summed E-state index contributed by atoms with van der Waals surface area (Å²) in [4.78, 5) is 11.7. The number of sulfone groups is 1. The molecule has 1 atom stereocenters. The molecule has 1 aromatic rings. The summed E-state index contributed by atoms with van der Waals surface area (Å²) in [5.41, 5.74) is 0.516. The molecule has 1 saturated heterocycles. The summed E-state index contributed by atoms with van der Waals surface area (Å²) in [7, 11) is -2.95. The monoisotopic (exact) mass is 271 g/mol. The van der Waals surface area contributed by atoms with Gasteiger partial charge in [-0.1, -0.05) is 0 Å². The van der Waals surface area contributed by atoms with Gasteiger partial charge < -0.3 is 5.32 Å². The van der Waals surface area contributed by atoms with Crippen molar-refractivity contribution < 1.29 is 17.6 Å². The third-order valence-electron chi connectivity index (χ3n) is 2.93. The van der Waals surface area contributed by atoms with Gasteiger partial charge in [-0.15, -0.1) is 0 Å². The fourth-order valence-corrected chi connectivity index (χ4v) is 3.90. The van der Waals surface area contributed by atoms with Crippen LogP contribution in [0.15, 0.2) is 24.3 Å². The summed E-state index contributed by atoms with van der Waals surface area (Å²) in [6, 6.07) is 5.46. The Morgan fingerprint density at radius 1 is 1.33 bits per heavy atom. The highest BCUT2D eigenvalue weighted by atomic mass is 32.2. The summed E-state index contributed by atoms with van der Waals surface area (Å²) in [6.45, 7) is 0. The first-order valence-corrected chi connectivity index (χ1v) is 7.52. The van der Waals surface area contributed by atoms with E-state index >= 15 is 0 Å². The quantitative estimate of drug-likeness (QED) is 0.908. The van der Waals surface area contributed by atoms with Gasteiger partial charge in [0.2, 0.25) is 5.91 Å². The van der Waals surface area contributed by atoms with Crippen LogP contribution in [0.25, 0.3) is 0 Å². The molecular formula is C12H14FNO3S. The van der Waals surface area contributed by atoms with Crippen LogP contribution < -0.4 is 5.32 Å². The topological polar surface area (TPSA) is 63.2 Å². The summed E-state index contributed by atoms with van der Waals surface area (Å²) >= 11 is 0. The Morgan fingerprint density at radius 3 is 2.56 bits per heavy atom. The lowest BCUT2D eigenvalue weighted by Crippen LogP contribution is -2.17. The molecule has 0 unspecified atom stereocenters. The molecule has 18 heavy (non-hydrogen) atoms. The third kappa shape index (κ3) is 3.53. The van der Waals surface area contributed by atoms with Gasteiger partial charge >= 0.3 is 0 Å². The minimum Gasteiger partial charge on any atom is -0.326 e. The third-order valence-corrected chi connectivity index (χ3v) is 4.77. The number of hydrogen-bond donors (Lipinski definition) is 1. The Balaban J connectivity index is 1.88. The Labute approximate surface area is 105 Å². The summed E-state index contributed by atoms with van der Waals surface area (Å²) in [5.74, 6) is -0.445. The zero-order valence-electron chi connectivity index (χ0n) is 9.73. The van der Waals surface area contributed by atoms with Crippen LogP contribution in [0.1, 0.15) is 12.8 Å². The van der Waals surface area contributed by atoms with Crippen molar-refractivity contribution in [1.29, 1.82) is 0 Å². The fraction of sp³-hybridized carbons (Fsp3) is 0.417. The van der Waals surface area contributed by atoms with Gasteiger partial charge in [-0.3, -0.25) is 4.79 Å². The molecule has 0 saturated carbocycles. The van der Waals surface area contributed by atoms with Crippen molar-refractivity contribution in [2.24, 2.45) is 5.92 Å². The van der Waals surface area contributed by atoms with Crippen molar-refractivity contribution in [2.75, 3.05) is 16.8 Å². The van der Waals surface area contributed by atoms with Gasteiger partial charge in [-0.05, 0) is 36.6 Å². The van der Waals surface area contributed by atoms with Crippen LogP contribution in [0.5, 0.6) is 0 Å². The zero-order chi connectivity index (χ0) is 13.2. The highest BCUT2D eigenvalue weighted by Crippen LogP contribution is 2.22. The molecule has 1 aromatic carbocycles. The second-order valence-electron chi connectivity index (χ2n) is 4.53. The second-order valence-corrected chi connectivity index (χ2v) is 6.76. The molecule has 0 bridgehead atoms. The number of amides is 1. The number of halogens is 1. The minimum atomic E-state index is -2.95. The molecule has 1 aliphatic heterocycles. The molecule has 1 amide bonds. The highest BCUT2D eigenvalue weighted by Gasteiger charge is 2.29. The van der Waals surface area contributed by atoms with Crippen molar-refractivity contribution >= 4 is 21.4 Å². The van der Waals surface area contributed by atoms with Gasteiger partial charge in [-0.25, -0.2) is 12.8 Å². The van der Waals surface area contributed by atoms with Crippen molar-refractivity contribution in [3.63, 3.8) is 0 Å². The van der Waals surface area contributed by atoms with E-state index in [-0.39, 0.29) is 35.6 Å². The first kappa shape index (κ1) is 13.0. The molecule has 0 spiro atoms. The van der Waals surface area contributed by atoms with Crippen molar-refractivity contribution in [2.45, 2.75) is 12.8 Å². The SMILES string of the molecule is O=C(C[C@H]1CCS(=O)(=O)C1)Nc1ccc(F)cc1. The molecule has 0 radical (unpaired) electrons. The van der Waals surface area contributed by atoms with Crippen LogP contribution in [-0.2, 0) is 14.6 Å². The summed E-state index contributed by atoms with van der Waals surface area (Å²) < 4.78 is 35.1. The predicted molar refractivity (Wildman–Crippen MR) is 66.4 cm³/mol. The van der Waals surface area contributed by atoms with E-state index in [1.54, 1.807) is 0 Å². The Bertz CT molecular complexity index is 539. The number of carbonyl (C=O) groups excluding carboxylic acids is 1. The fourth-order valence-electron chi connectivity index (χ4n) is 2.04. The van der Waals surface area contributed by atoms with E-state index < -0.39 is 9.84 Å². The van der Waals surface area contributed by atoms with E-state index in [0.29, 0.717) is 12.1 Å². The van der Waals surface area contributed by atoms with Gasteiger partial charge in [0.1, 0.15) is 5.82 Å². The molecule has 6 heteroatoms. The van der Waals surface area contributed by atoms with Crippen LogP contribution in [-0.4, -0.2) is 25.8 Å². The van der Waals surface area contributed by atoms with Crippen LogP contribution in [0.3, 0.4) is 0 Å². The van der Waals surface area contributed by atoms with Gasteiger partial charge in [0.25, 0.3) is 0 Å². The van der Waals surface area contributed by atoms with E-state index in [1.807, 2.05) is 0 Å². The number of benzene rings is 1. The molecule has 1 fully saturated rings. The molecule has 1 heterocycles. The maximum Gasteiger partial charge on any atom is 0.224 e. The van der Waals surface area contributed by atoms with Gasteiger partial charge in [-0.2, -0.15) is 0 Å². The molecule has 0 aromatic heterocycles. The van der Waals surface area contributed by atoms with Gasteiger partial charge in [0.05, 0.1) is 11.5 Å². The van der Waals surface area contributed by atoms with Gasteiger partial charge in [0.15, 0.2) is 9.84 Å². The molecule has 98 valence electrons. The zero-order valence-corrected chi connectivity index (χ0v) is 10.5. The largest absolute Gasteiger partial charge is 0.326 e. The van der Waals surface area contributed by atoms with E-state index in [9.17, 15) is 17.6 Å². The second kappa shape index (κ2) is 5.06. The normalized spacial score (nSPS) is 21.7. The lowest BCUT2D eigenvalue weighted by atomic mass is 10.1. The minimum absolute atomic E-state index is 0.0871. The number of anilines is 1. The summed E-state index contributed by atoms with van der Waals surface area (Å²) in [5, 5.41) is 2.62. The number of nitrogens with one attached hydrogen (secondary N) is 1. The van der Waals surface area contributed by atoms with E-state index in [1.165, 1.54) is 24.3 Å². The first-order chi connectivity index (χ1) is 8.44. The lowest BCUT2D eigenvalue weighted by molar-refractivity contribution is -0.116. The molecule has 1 aliphatic rings. The van der Waals surface area contributed by atoms with Crippen molar-refractivity contribution in [1.82, 2.24) is 0 Å². The smallest absolute Gasteiger partial charge is 0.224 e. The van der Waals surface area contributed by atoms with Crippen LogP contribution in [0.4, 0.5) is 10.1 Å². The average molecular weight is 271 g/mol. The molecule has 0 aliphatic carbocycles.